The van der Waals surface area contributed by atoms with Crippen LogP contribution in [0.5, 0.6) is 5.75 Å². The number of nitro groups is 1. The van der Waals surface area contributed by atoms with Crippen molar-refractivity contribution in [2.24, 2.45) is 0 Å². The molecule has 1 heterocycles. The quantitative estimate of drug-likeness (QED) is 0.502. The number of aromatic nitrogens is 3. The molecule has 0 radical (unpaired) electrons. The SMILES string of the molecule is O=[N+]([O-])c1ccc(-c2ncn(C[C@@H](O)c3ccc(OC(F)F)cc3)n2)cc1. The van der Waals surface area contributed by atoms with Crippen molar-refractivity contribution in [2.45, 2.75) is 19.3 Å². The van der Waals surface area contributed by atoms with Crippen molar-refractivity contribution in [3.8, 4) is 17.1 Å². The summed E-state index contributed by atoms with van der Waals surface area (Å²) in [6, 6.07) is 11.4. The van der Waals surface area contributed by atoms with Crippen LogP contribution in [-0.2, 0) is 6.54 Å². The minimum Gasteiger partial charge on any atom is -0.435 e. The Kier molecular flexibility index (Phi) is 5.36. The van der Waals surface area contributed by atoms with Crippen LogP contribution in [0, 0.1) is 10.1 Å². The van der Waals surface area contributed by atoms with Gasteiger partial charge in [0.1, 0.15) is 12.1 Å². The van der Waals surface area contributed by atoms with Gasteiger partial charge in [0, 0.05) is 17.7 Å². The lowest BCUT2D eigenvalue weighted by molar-refractivity contribution is -0.384. The number of aliphatic hydroxyl groups is 1. The molecule has 0 fully saturated rings. The number of benzene rings is 2. The Balaban J connectivity index is 1.67. The lowest BCUT2D eigenvalue weighted by Gasteiger charge is -2.11. The van der Waals surface area contributed by atoms with Crippen LogP contribution in [0.15, 0.2) is 54.9 Å². The summed E-state index contributed by atoms with van der Waals surface area (Å²) in [6.07, 6.45) is 0.492. The van der Waals surface area contributed by atoms with Crippen LogP contribution in [0.2, 0.25) is 0 Å². The van der Waals surface area contributed by atoms with E-state index in [1.54, 1.807) is 0 Å². The summed E-state index contributed by atoms with van der Waals surface area (Å²) in [7, 11) is 0. The Bertz CT molecular complexity index is 913. The van der Waals surface area contributed by atoms with Gasteiger partial charge in [-0.3, -0.25) is 10.1 Å². The van der Waals surface area contributed by atoms with E-state index in [-0.39, 0.29) is 18.0 Å². The first kappa shape index (κ1) is 18.4. The topological polar surface area (TPSA) is 103 Å². The molecule has 2 aromatic carbocycles. The molecule has 8 nitrogen and oxygen atoms in total. The minimum absolute atomic E-state index is 0.00200. The first-order valence-corrected chi connectivity index (χ1v) is 7.79. The van der Waals surface area contributed by atoms with Crippen molar-refractivity contribution in [1.29, 1.82) is 0 Å². The summed E-state index contributed by atoms with van der Waals surface area (Å²) in [4.78, 5) is 14.3. The molecule has 1 N–H and O–H groups in total. The van der Waals surface area contributed by atoms with Gasteiger partial charge in [0.15, 0.2) is 5.82 Å². The van der Waals surface area contributed by atoms with E-state index in [0.29, 0.717) is 17.0 Å². The van der Waals surface area contributed by atoms with Gasteiger partial charge in [-0.05, 0) is 29.8 Å². The number of rotatable bonds is 7. The van der Waals surface area contributed by atoms with Crippen LogP contribution in [0.25, 0.3) is 11.4 Å². The second kappa shape index (κ2) is 7.87. The molecule has 0 aliphatic carbocycles. The van der Waals surface area contributed by atoms with Gasteiger partial charge < -0.3 is 9.84 Å². The number of nitro benzene ring substituents is 1. The predicted octanol–water partition coefficient (Wildman–Crippen LogP) is 3.19. The molecule has 0 spiro atoms. The van der Waals surface area contributed by atoms with Gasteiger partial charge in [-0.25, -0.2) is 9.67 Å². The van der Waals surface area contributed by atoms with E-state index in [9.17, 15) is 24.0 Å². The number of hydrogen-bond donors (Lipinski definition) is 1. The van der Waals surface area contributed by atoms with E-state index in [4.69, 9.17) is 0 Å². The minimum atomic E-state index is -2.91. The molecule has 0 bridgehead atoms. The van der Waals surface area contributed by atoms with Gasteiger partial charge in [0.2, 0.25) is 0 Å². The molecule has 3 aromatic rings. The molecule has 0 saturated heterocycles. The Labute approximate surface area is 151 Å². The van der Waals surface area contributed by atoms with Gasteiger partial charge in [-0.15, -0.1) is 0 Å². The lowest BCUT2D eigenvalue weighted by atomic mass is 10.1. The van der Waals surface area contributed by atoms with Gasteiger partial charge in [0.05, 0.1) is 17.6 Å². The van der Waals surface area contributed by atoms with Crippen LogP contribution in [0.4, 0.5) is 14.5 Å². The van der Waals surface area contributed by atoms with Gasteiger partial charge in [-0.2, -0.15) is 13.9 Å². The van der Waals surface area contributed by atoms with Crippen LogP contribution in [0.3, 0.4) is 0 Å². The number of non-ortho nitro benzene ring substituents is 1. The Morgan fingerprint density at radius 2 is 1.81 bits per heavy atom. The molecule has 0 saturated carbocycles. The molecule has 0 unspecified atom stereocenters. The summed E-state index contributed by atoms with van der Waals surface area (Å²) in [5.74, 6) is 0.361. The third-order valence-electron chi connectivity index (χ3n) is 3.72. The average Bonchev–Trinajstić information content (AvgIpc) is 3.10. The third kappa shape index (κ3) is 4.61. The average molecular weight is 376 g/mol. The third-order valence-corrected chi connectivity index (χ3v) is 3.72. The Morgan fingerprint density at radius 3 is 2.41 bits per heavy atom. The van der Waals surface area contributed by atoms with E-state index in [2.05, 4.69) is 14.8 Å². The largest absolute Gasteiger partial charge is 0.435 e. The second-order valence-corrected chi connectivity index (χ2v) is 5.56. The fourth-order valence-electron chi connectivity index (χ4n) is 2.40. The molecule has 10 heteroatoms. The normalized spacial score (nSPS) is 12.1. The Morgan fingerprint density at radius 1 is 1.15 bits per heavy atom. The monoisotopic (exact) mass is 376 g/mol. The first-order valence-electron chi connectivity index (χ1n) is 7.79. The molecular weight excluding hydrogens is 362 g/mol. The zero-order valence-electron chi connectivity index (χ0n) is 13.8. The lowest BCUT2D eigenvalue weighted by Crippen LogP contribution is -2.09. The molecule has 27 heavy (non-hydrogen) atoms. The summed E-state index contributed by atoms with van der Waals surface area (Å²) in [6.45, 7) is -2.82. The van der Waals surface area contributed by atoms with Gasteiger partial charge >= 0.3 is 6.61 Å². The van der Waals surface area contributed by atoms with Crippen LogP contribution in [-0.4, -0.2) is 31.4 Å². The number of alkyl halides is 2. The highest BCUT2D eigenvalue weighted by Crippen LogP contribution is 2.22. The summed E-state index contributed by atoms with van der Waals surface area (Å²) in [5, 5.41) is 25.2. The first-order chi connectivity index (χ1) is 12.9. The highest BCUT2D eigenvalue weighted by molar-refractivity contribution is 5.56. The van der Waals surface area contributed by atoms with Crippen molar-refractivity contribution in [2.75, 3.05) is 0 Å². The molecular formula is C17H14F2N4O4. The van der Waals surface area contributed by atoms with Gasteiger partial charge in [-0.1, -0.05) is 12.1 Å². The molecule has 1 aromatic heterocycles. The van der Waals surface area contributed by atoms with Crippen LogP contribution < -0.4 is 4.74 Å². The standard InChI is InChI=1S/C17H14F2N4O4/c18-17(19)27-14-7-3-11(4-8-14)15(24)9-22-10-20-16(21-22)12-1-5-13(6-2-12)23(25)26/h1-8,10,15,17,24H,9H2/t15-/m1/s1. The van der Waals surface area contributed by atoms with Crippen LogP contribution >= 0.6 is 0 Å². The maximum atomic E-state index is 12.1. The van der Waals surface area contributed by atoms with E-state index >= 15 is 0 Å². The van der Waals surface area contributed by atoms with E-state index in [1.165, 1.54) is 59.5 Å². The Hall–Kier alpha value is -3.40. The number of halogens is 2. The van der Waals surface area contributed by atoms with Crippen molar-refractivity contribution in [1.82, 2.24) is 14.8 Å². The van der Waals surface area contributed by atoms with E-state index < -0.39 is 17.6 Å². The number of hydrogen-bond acceptors (Lipinski definition) is 6. The molecule has 3 rings (SSSR count). The second-order valence-electron chi connectivity index (χ2n) is 5.56. The fraction of sp³-hybridized carbons (Fsp3) is 0.176. The van der Waals surface area contributed by atoms with Crippen LogP contribution in [0.1, 0.15) is 11.7 Å². The molecule has 1 atom stereocenters. The number of nitrogens with zero attached hydrogens (tertiary/aromatic N) is 4. The zero-order chi connectivity index (χ0) is 19.4. The van der Waals surface area contributed by atoms with E-state index in [1.807, 2.05) is 0 Å². The van der Waals surface area contributed by atoms with E-state index in [0.717, 1.165) is 0 Å². The summed E-state index contributed by atoms with van der Waals surface area (Å²) in [5.41, 5.74) is 1.07. The van der Waals surface area contributed by atoms with Crippen molar-refractivity contribution in [3.05, 3.63) is 70.5 Å². The molecule has 0 aliphatic rings. The fourth-order valence-corrected chi connectivity index (χ4v) is 2.40. The smallest absolute Gasteiger partial charge is 0.387 e. The summed E-state index contributed by atoms with van der Waals surface area (Å²) < 4.78 is 30.0. The zero-order valence-corrected chi connectivity index (χ0v) is 13.8. The van der Waals surface area contributed by atoms with Crippen molar-refractivity contribution < 1.29 is 23.5 Å². The predicted molar refractivity (Wildman–Crippen MR) is 90.1 cm³/mol. The maximum Gasteiger partial charge on any atom is 0.387 e. The molecule has 0 aliphatic heterocycles. The molecule has 140 valence electrons. The molecule has 0 amide bonds. The number of aliphatic hydroxyl groups excluding tert-OH is 1. The maximum absolute atomic E-state index is 12.1. The van der Waals surface area contributed by atoms with Crippen molar-refractivity contribution >= 4 is 5.69 Å². The highest BCUT2D eigenvalue weighted by atomic mass is 19.3. The van der Waals surface area contributed by atoms with Gasteiger partial charge in [0.25, 0.3) is 5.69 Å². The summed E-state index contributed by atoms with van der Waals surface area (Å²) >= 11 is 0. The highest BCUT2D eigenvalue weighted by Gasteiger charge is 2.13. The van der Waals surface area contributed by atoms with Crippen molar-refractivity contribution in [3.63, 3.8) is 0 Å². The number of ether oxygens (including phenoxy) is 1.